The molecule has 0 aliphatic carbocycles. The zero-order valence-electron chi connectivity index (χ0n) is 12.8. The van der Waals surface area contributed by atoms with Crippen LogP contribution in [0.3, 0.4) is 0 Å². The van der Waals surface area contributed by atoms with Crippen LogP contribution in [0.4, 0.5) is 0 Å². The van der Waals surface area contributed by atoms with Crippen molar-refractivity contribution in [3.05, 3.63) is 12.7 Å². The van der Waals surface area contributed by atoms with Crippen molar-refractivity contribution in [3.8, 4) is 0 Å². The SMILES string of the molecule is CN1[C@H](Cn2cncn2)C[C@@H]2CN([C@@H]3CCOC3)CC[C@@H]21. The fraction of sp³-hybridized carbons (Fsp3) is 0.867. The van der Waals surface area contributed by atoms with Gasteiger partial charge in [-0.25, -0.2) is 4.98 Å². The van der Waals surface area contributed by atoms with E-state index in [1.807, 2.05) is 11.0 Å². The molecule has 0 saturated carbocycles. The topological polar surface area (TPSA) is 46.4 Å². The first-order chi connectivity index (χ1) is 10.3. The summed E-state index contributed by atoms with van der Waals surface area (Å²) in [5.74, 6) is 0.804. The third-order valence-corrected chi connectivity index (χ3v) is 5.69. The molecule has 0 spiro atoms. The molecule has 1 aromatic heterocycles. The smallest absolute Gasteiger partial charge is 0.137 e. The molecular formula is C15H25N5O. The number of hydrogen-bond donors (Lipinski definition) is 0. The summed E-state index contributed by atoms with van der Waals surface area (Å²) in [7, 11) is 2.29. The number of likely N-dealkylation sites (N-methyl/N-ethyl adjacent to an activating group) is 1. The van der Waals surface area contributed by atoms with Crippen LogP contribution in [0, 0.1) is 5.92 Å². The summed E-state index contributed by atoms with van der Waals surface area (Å²) >= 11 is 0. The van der Waals surface area contributed by atoms with Crippen LogP contribution in [0.1, 0.15) is 19.3 Å². The van der Waals surface area contributed by atoms with E-state index in [4.69, 9.17) is 4.74 Å². The minimum absolute atomic E-state index is 0.599. The van der Waals surface area contributed by atoms with E-state index in [0.717, 1.165) is 31.7 Å². The van der Waals surface area contributed by atoms with Gasteiger partial charge in [-0.3, -0.25) is 14.5 Å². The Morgan fingerprint density at radius 3 is 3.05 bits per heavy atom. The van der Waals surface area contributed by atoms with Crippen molar-refractivity contribution < 1.29 is 4.74 Å². The van der Waals surface area contributed by atoms with Gasteiger partial charge in [0, 0.05) is 37.8 Å². The second-order valence-electron chi connectivity index (χ2n) is 6.80. The van der Waals surface area contributed by atoms with Crippen LogP contribution in [0.25, 0.3) is 0 Å². The molecule has 4 atom stereocenters. The van der Waals surface area contributed by atoms with Crippen molar-refractivity contribution in [2.45, 2.75) is 43.9 Å². The van der Waals surface area contributed by atoms with Crippen LogP contribution in [0.5, 0.6) is 0 Å². The van der Waals surface area contributed by atoms with Crippen LogP contribution in [-0.4, -0.2) is 76.0 Å². The Hall–Kier alpha value is -0.980. The Kier molecular flexibility index (Phi) is 3.69. The fourth-order valence-corrected chi connectivity index (χ4v) is 4.49. The highest BCUT2D eigenvalue weighted by molar-refractivity contribution is 4.97. The van der Waals surface area contributed by atoms with E-state index >= 15 is 0 Å². The zero-order valence-corrected chi connectivity index (χ0v) is 12.8. The second-order valence-corrected chi connectivity index (χ2v) is 6.80. The Bertz CT molecular complexity index is 459. The van der Waals surface area contributed by atoms with Gasteiger partial charge in [-0.2, -0.15) is 5.10 Å². The van der Waals surface area contributed by atoms with Gasteiger partial charge < -0.3 is 4.74 Å². The molecule has 3 fully saturated rings. The number of hydrogen-bond acceptors (Lipinski definition) is 5. The highest BCUT2D eigenvalue weighted by Crippen LogP contribution is 2.36. The summed E-state index contributed by atoms with van der Waals surface area (Å²) in [5.41, 5.74) is 0. The molecule has 0 amide bonds. The van der Waals surface area contributed by atoms with Gasteiger partial charge >= 0.3 is 0 Å². The third-order valence-electron chi connectivity index (χ3n) is 5.69. The Morgan fingerprint density at radius 2 is 2.29 bits per heavy atom. The summed E-state index contributed by atoms with van der Waals surface area (Å²) in [6, 6.07) is 2.02. The van der Waals surface area contributed by atoms with Crippen molar-refractivity contribution in [1.82, 2.24) is 24.6 Å². The molecule has 0 bridgehead atoms. The van der Waals surface area contributed by atoms with Gasteiger partial charge in [0.05, 0.1) is 13.2 Å². The summed E-state index contributed by atoms with van der Waals surface area (Å²) in [6.07, 6.45) is 7.26. The van der Waals surface area contributed by atoms with Gasteiger partial charge in [0.25, 0.3) is 0 Å². The molecule has 3 saturated heterocycles. The van der Waals surface area contributed by atoms with Gasteiger partial charge in [0.1, 0.15) is 12.7 Å². The number of fused-ring (bicyclic) bond motifs is 1. The number of aromatic nitrogens is 3. The van der Waals surface area contributed by atoms with E-state index < -0.39 is 0 Å². The third kappa shape index (κ3) is 2.60. The molecule has 6 heteroatoms. The van der Waals surface area contributed by atoms with E-state index in [1.165, 1.54) is 32.4 Å². The maximum atomic E-state index is 5.56. The Balaban J connectivity index is 1.40. The Morgan fingerprint density at radius 1 is 1.33 bits per heavy atom. The predicted molar refractivity (Wildman–Crippen MR) is 78.9 cm³/mol. The highest BCUT2D eigenvalue weighted by atomic mass is 16.5. The number of rotatable bonds is 3. The number of nitrogens with zero attached hydrogens (tertiary/aromatic N) is 5. The maximum absolute atomic E-state index is 5.56. The van der Waals surface area contributed by atoms with Gasteiger partial charge in [-0.15, -0.1) is 0 Å². The monoisotopic (exact) mass is 291 g/mol. The predicted octanol–water partition coefficient (Wildman–Crippen LogP) is 0.462. The molecule has 0 radical (unpaired) electrons. The first kappa shape index (κ1) is 13.7. The molecular weight excluding hydrogens is 266 g/mol. The summed E-state index contributed by atoms with van der Waals surface area (Å²) < 4.78 is 7.54. The first-order valence-electron chi connectivity index (χ1n) is 8.17. The molecule has 116 valence electrons. The molecule has 0 aromatic carbocycles. The molecule has 4 rings (SSSR count). The van der Waals surface area contributed by atoms with E-state index in [-0.39, 0.29) is 0 Å². The number of ether oxygens (including phenoxy) is 1. The first-order valence-corrected chi connectivity index (χ1v) is 8.17. The summed E-state index contributed by atoms with van der Waals surface area (Å²) in [5, 5.41) is 4.26. The standard InChI is InChI=1S/C15H25N5O/c1-18-14(8-20-11-16-10-17-20)6-12-7-19(4-2-15(12)18)13-3-5-21-9-13/h10-15H,2-9H2,1H3/t12-,13-,14+,15+/m1/s1. The largest absolute Gasteiger partial charge is 0.380 e. The lowest BCUT2D eigenvalue weighted by atomic mass is 9.91. The molecule has 0 N–H and O–H groups in total. The van der Waals surface area contributed by atoms with Crippen LogP contribution in [0.2, 0.25) is 0 Å². The van der Waals surface area contributed by atoms with Crippen LogP contribution in [-0.2, 0) is 11.3 Å². The van der Waals surface area contributed by atoms with Crippen molar-refractivity contribution in [2.24, 2.45) is 5.92 Å². The normalized spacial score (nSPS) is 38.0. The van der Waals surface area contributed by atoms with Crippen molar-refractivity contribution in [1.29, 1.82) is 0 Å². The lowest BCUT2D eigenvalue weighted by molar-refractivity contribution is 0.0741. The molecule has 1 aromatic rings. The van der Waals surface area contributed by atoms with E-state index in [9.17, 15) is 0 Å². The van der Waals surface area contributed by atoms with Crippen LogP contribution >= 0.6 is 0 Å². The molecule has 6 nitrogen and oxygen atoms in total. The van der Waals surface area contributed by atoms with Gasteiger partial charge in [-0.1, -0.05) is 0 Å². The van der Waals surface area contributed by atoms with E-state index in [1.54, 1.807) is 6.33 Å². The lowest BCUT2D eigenvalue weighted by Gasteiger charge is -2.39. The van der Waals surface area contributed by atoms with Crippen molar-refractivity contribution in [2.75, 3.05) is 33.4 Å². The van der Waals surface area contributed by atoms with Gasteiger partial charge in [0.15, 0.2) is 0 Å². The highest BCUT2D eigenvalue weighted by Gasteiger charge is 2.43. The quantitative estimate of drug-likeness (QED) is 0.810. The van der Waals surface area contributed by atoms with Gasteiger partial charge in [0.2, 0.25) is 0 Å². The molecule has 0 unspecified atom stereocenters. The molecule has 3 aliphatic rings. The second kappa shape index (κ2) is 5.66. The fourth-order valence-electron chi connectivity index (χ4n) is 4.49. The van der Waals surface area contributed by atoms with E-state index in [2.05, 4.69) is 26.9 Å². The Labute approximate surface area is 126 Å². The maximum Gasteiger partial charge on any atom is 0.137 e. The minimum Gasteiger partial charge on any atom is -0.380 e. The summed E-state index contributed by atoms with van der Waals surface area (Å²) in [4.78, 5) is 9.33. The van der Waals surface area contributed by atoms with Gasteiger partial charge in [-0.05, 0) is 32.2 Å². The molecule has 3 aliphatic heterocycles. The van der Waals surface area contributed by atoms with Crippen molar-refractivity contribution >= 4 is 0 Å². The number of likely N-dealkylation sites (tertiary alicyclic amines) is 2. The van der Waals surface area contributed by atoms with E-state index in [0.29, 0.717) is 12.1 Å². The molecule has 4 heterocycles. The average Bonchev–Trinajstić information content (AvgIpc) is 3.22. The minimum atomic E-state index is 0.599. The van der Waals surface area contributed by atoms with Crippen LogP contribution in [0.15, 0.2) is 12.7 Å². The van der Waals surface area contributed by atoms with Crippen LogP contribution < -0.4 is 0 Å². The summed E-state index contributed by atoms with van der Waals surface area (Å²) in [6.45, 7) is 5.34. The van der Waals surface area contributed by atoms with Crippen molar-refractivity contribution in [3.63, 3.8) is 0 Å². The average molecular weight is 291 g/mol. The molecule has 21 heavy (non-hydrogen) atoms. The zero-order chi connectivity index (χ0) is 14.2. The number of piperidine rings is 1. The lowest BCUT2D eigenvalue weighted by Crippen LogP contribution is -2.49.